The second kappa shape index (κ2) is 7.76. The Morgan fingerprint density at radius 3 is 2.60 bits per heavy atom. The van der Waals surface area contributed by atoms with Gasteiger partial charge in [-0.3, -0.25) is 14.9 Å². The van der Waals surface area contributed by atoms with Crippen molar-refractivity contribution in [2.24, 2.45) is 0 Å². The minimum Gasteiger partial charge on any atom is -0.462 e. The van der Waals surface area contributed by atoms with Crippen molar-refractivity contribution >= 4 is 34.9 Å². The Hall–Kier alpha value is -2.93. The summed E-state index contributed by atoms with van der Waals surface area (Å²) in [7, 11) is 0. The van der Waals surface area contributed by atoms with Gasteiger partial charge in [-0.05, 0) is 38.1 Å². The summed E-state index contributed by atoms with van der Waals surface area (Å²) < 4.78 is 4.90. The van der Waals surface area contributed by atoms with E-state index in [1.54, 1.807) is 6.92 Å². The molecule has 0 unspecified atom stereocenters. The van der Waals surface area contributed by atoms with Gasteiger partial charge in [-0.1, -0.05) is 17.7 Å². The Kier molecular flexibility index (Phi) is 5.71. The van der Waals surface area contributed by atoms with E-state index in [0.29, 0.717) is 5.69 Å². The predicted molar refractivity (Wildman–Crippen MR) is 93.2 cm³/mol. The lowest BCUT2D eigenvalue weighted by atomic mass is 10.1. The molecule has 25 heavy (non-hydrogen) atoms. The quantitative estimate of drug-likeness (QED) is 0.492. The average Bonchev–Trinajstić information content (AvgIpc) is 2.56. The molecule has 0 aliphatic heterocycles. The van der Waals surface area contributed by atoms with Gasteiger partial charge in [0.05, 0.1) is 22.1 Å². The maximum absolute atomic E-state index is 12.4. The molecule has 7 nitrogen and oxygen atoms in total. The van der Waals surface area contributed by atoms with Crippen molar-refractivity contribution in [3.63, 3.8) is 0 Å². The van der Waals surface area contributed by atoms with Crippen LogP contribution >= 0.6 is 11.6 Å². The zero-order chi connectivity index (χ0) is 18.6. The van der Waals surface area contributed by atoms with Gasteiger partial charge in [0.2, 0.25) is 0 Å². The van der Waals surface area contributed by atoms with Crippen molar-refractivity contribution in [1.29, 1.82) is 0 Å². The Bertz CT molecular complexity index is 851. The summed E-state index contributed by atoms with van der Waals surface area (Å²) in [5, 5.41) is 13.8. The summed E-state index contributed by atoms with van der Waals surface area (Å²) in [6, 6.07) is 8.63. The van der Waals surface area contributed by atoms with E-state index in [2.05, 4.69) is 5.32 Å². The highest BCUT2D eigenvalue weighted by Crippen LogP contribution is 2.24. The molecular formula is C17H15ClN2O5. The second-order valence-electron chi connectivity index (χ2n) is 5.08. The summed E-state index contributed by atoms with van der Waals surface area (Å²) in [5.74, 6) is -1.13. The first-order valence-corrected chi connectivity index (χ1v) is 7.75. The van der Waals surface area contributed by atoms with Gasteiger partial charge in [-0.2, -0.15) is 0 Å². The number of rotatable bonds is 5. The van der Waals surface area contributed by atoms with Crippen molar-refractivity contribution in [2.75, 3.05) is 11.9 Å². The fourth-order valence-electron chi connectivity index (χ4n) is 2.23. The first-order chi connectivity index (χ1) is 11.8. The molecule has 2 aromatic carbocycles. The predicted octanol–water partition coefficient (Wildman–Crippen LogP) is 3.99. The van der Waals surface area contributed by atoms with Gasteiger partial charge in [-0.25, -0.2) is 4.79 Å². The van der Waals surface area contributed by atoms with Gasteiger partial charge in [-0.15, -0.1) is 0 Å². The Balaban J connectivity index is 2.30. The topological polar surface area (TPSA) is 98.5 Å². The van der Waals surface area contributed by atoms with Gasteiger partial charge < -0.3 is 10.1 Å². The number of ether oxygens (including phenoxy) is 1. The molecular weight excluding hydrogens is 348 g/mol. The molecule has 1 amide bonds. The standard InChI is InChI=1S/C17H15ClN2O5/c1-3-25-17(22)13-9-11(7-8-14(13)18)19-16(21)12-5-4-6-15(10(12)2)20(23)24/h4-9H,3H2,1-2H3,(H,19,21). The molecule has 0 atom stereocenters. The lowest BCUT2D eigenvalue weighted by Gasteiger charge is -2.10. The van der Waals surface area contributed by atoms with Gasteiger partial charge in [0.15, 0.2) is 0 Å². The molecule has 0 aliphatic carbocycles. The van der Waals surface area contributed by atoms with Crippen LogP contribution in [0.15, 0.2) is 36.4 Å². The van der Waals surface area contributed by atoms with Crippen LogP contribution in [0.3, 0.4) is 0 Å². The fourth-order valence-corrected chi connectivity index (χ4v) is 2.43. The van der Waals surface area contributed by atoms with E-state index in [9.17, 15) is 19.7 Å². The molecule has 0 spiro atoms. The van der Waals surface area contributed by atoms with Crippen molar-refractivity contribution in [3.8, 4) is 0 Å². The first-order valence-electron chi connectivity index (χ1n) is 7.37. The number of nitro groups is 1. The van der Waals surface area contributed by atoms with Gasteiger partial charge in [0.25, 0.3) is 11.6 Å². The average molecular weight is 363 g/mol. The second-order valence-corrected chi connectivity index (χ2v) is 5.48. The van der Waals surface area contributed by atoms with Crippen LogP contribution in [0.1, 0.15) is 33.2 Å². The third-order valence-electron chi connectivity index (χ3n) is 3.47. The van der Waals surface area contributed by atoms with E-state index in [4.69, 9.17) is 16.3 Å². The van der Waals surface area contributed by atoms with Crippen LogP contribution in [0.2, 0.25) is 5.02 Å². The summed E-state index contributed by atoms with van der Waals surface area (Å²) in [4.78, 5) is 34.7. The van der Waals surface area contributed by atoms with Crippen molar-refractivity contribution in [3.05, 3.63) is 68.2 Å². The molecule has 2 aromatic rings. The van der Waals surface area contributed by atoms with Gasteiger partial charge in [0.1, 0.15) is 0 Å². The molecule has 0 aliphatic rings. The van der Waals surface area contributed by atoms with Crippen LogP contribution in [0.4, 0.5) is 11.4 Å². The molecule has 0 radical (unpaired) electrons. The Morgan fingerprint density at radius 1 is 1.24 bits per heavy atom. The van der Waals surface area contributed by atoms with E-state index in [1.165, 1.54) is 43.3 Å². The van der Waals surface area contributed by atoms with Crippen LogP contribution in [0, 0.1) is 17.0 Å². The largest absolute Gasteiger partial charge is 0.462 e. The van der Waals surface area contributed by atoms with Crippen LogP contribution in [-0.2, 0) is 4.74 Å². The maximum Gasteiger partial charge on any atom is 0.339 e. The molecule has 2 rings (SSSR count). The van der Waals surface area contributed by atoms with Crippen molar-refractivity contribution < 1.29 is 19.2 Å². The molecule has 130 valence electrons. The number of nitrogens with one attached hydrogen (secondary N) is 1. The number of halogens is 1. The molecule has 0 fully saturated rings. The number of anilines is 1. The molecule has 1 N–H and O–H groups in total. The highest BCUT2D eigenvalue weighted by molar-refractivity contribution is 6.33. The van der Waals surface area contributed by atoms with Gasteiger partial charge in [0, 0.05) is 22.9 Å². The summed E-state index contributed by atoms with van der Waals surface area (Å²) >= 11 is 5.97. The minimum atomic E-state index is -0.602. The number of amides is 1. The molecule has 0 saturated heterocycles. The van der Waals surface area contributed by atoms with E-state index in [0.717, 1.165) is 0 Å². The smallest absolute Gasteiger partial charge is 0.339 e. The lowest BCUT2D eigenvalue weighted by Crippen LogP contribution is -2.15. The zero-order valence-corrected chi connectivity index (χ0v) is 14.3. The normalized spacial score (nSPS) is 10.2. The number of hydrogen-bond donors (Lipinski definition) is 1. The third kappa shape index (κ3) is 4.13. The summed E-state index contributed by atoms with van der Waals surface area (Å²) in [6.07, 6.45) is 0. The van der Waals surface area contributed by atoms with E-state index < -0.39 is 16.8 Å². The summed E-state index contributed by atoms with van der Waals surface area (Å²) in [5.41, 5.74) is 0.725. The summed E-state index contributed by atoms with van der Waals surface area (Å²) in [6.45, 7) is 3.36. The molecule has 0 saturated carbocycles. The Morgan fingerprint density at radius 2 is 1.96 bits per heavy atom. The minimum absolute atomic E-state index is 0.122. The SMILES string of the molecule is CCOC(=O)c1cc(NC(=O)c2cccc([N+](=O)[O-])c2C)ccc1Cl. The maximum atomic E-state index is 12.4. The number of carbonyl (C=O) groups is 2. The number of hydrogen-bond acceptors (Lipinski definition) is 5. The Labute approximate surface area is 148 Å². The zero-order valence-electron chi connectivity index (χ0n) is 13.5. The molecule has 0 heterocycles. The fraction of sp³-hybridized carbons (Fsp3) is 0.176. The monoisotopic (exact) mass is 362 g/mol. The number of esters is 1. The van der Waals surface area contributed by atoms with Crippen LogP contribution in [-0.4, -0.2) is 23.4 Å². The highest BCUT2D eigenvalue weighted by Gasteiger charge is 2.19. The first kappa shape index (κ1) is 18.4. The van der Waals surface area contributed by atoms with Crippen molar-refractivity contribution in [1.82, 2.24) is 0 Å². The highest BCUT2D eigenvalue weighted by atomic mass is 35.5. The van der Waals surface area contributed by atoms with Crippen LogP contribution < -0.4 is 5.32 Å². The van der Waals surface area contributed by atoms with E-state index >= 15 is 0 Å². The third-order valence-corrected chi connectivity index (χ3v) is 3.80. The number of nitro benzene ring substituents is 1. The number of carbonyl (C=O) groups excluding carboxylic acids is 2. The van der Waals surface area contributed by atoms with Gasteiger partial charge >= 0.3 is 5.97 Å². The van der Waals surface area contributed by atoms with Crippen molar-refractivity contribution in [2.45, 2.75) is 13.8 Å². The molecule has 0 bridgehead atoms. The molecule has 8 heteroatoms. The van der Waals surface area contributed by atoms with Crippen LogP contribution in [0.25, 0.3) is 0 Å². The van der Waals surface area contributed by atoms with Crippen LogP contribution in [0.5, 0.6) is 0 Å². The van der Waals surface area contributed by atoms with E-state index in [1.807, 2.05) is 0 Å². The van der Waals surface area contributed by atoms with E-state index in [-0.39, 0.29) is 34.0 Å². The lowest BCUT2D eigenvalue weighted by molar-refractivity contribution is -0.385. The molecule has 0 aromatic heterocycles. The number of benzene rings is 2. The number of nitrogens with zero attached hydrogens (tertiary/aromatic N) is 1.